The van der Waals surface area contributed by atoms with E-state index in [1.165, 1.54) is 9.58 Å². The average Bonchev–Trinajstić information content (AvgIpc) is 3.27. The molecule has 1 aliphatic heterocycles. The Kier molecular flexibility index (Phi) is 5.30. The molecule has 0 unspecified atom stereocenters. The molecule has 0 spiro atoms. The van der Waals surface area contributed by atoms with E-state index >= 15 is 0 Å². The highest BCUT2D eigenvalue weighted by molar-refractivity contribution is 6.44. The first-order valence-corrected chi connectivity index (χ1v) is 11.0. The number of benzene rings is 2. The minimum atomic E-state index is -0.489. The smallest absolute Gasteiger partial charge is 0.295 e. The zero-order valence-corrected chi connectivity index (χ0v) is 18.9. The standard InChI is InChI=1S/C27H22N4O3/c1-18-10-9-15-29(16-18)24-23(25(32)30(27(24)34)17-20-11-5-3-6-12-20)22-19(2)28-31(26(22)33)21-13-7-4-8-14-21/h3-16H,17H2,1-2H3/p+1. The van der Waals surface area contributed by atoms with Gasteiger partial charge < -0.3 is 0 Å². The second kappa shape index (κ2) is 8.44. The van der Waals surface area contributed by atoms with Gasteiger partial charge in [-0.15, -0.1) is 0 Å². The number of H-pyrrole nitrogens is 1. The summed E-state index contributed by atoms with van der Waals surface area (Å²) in [6, 6.07) is 22.2. The average molecular weight is 452 g/mol. The quantitative estimate of drug-likeness (QED) is 0.374. The Morgan fingerprint density at radius 1 is 0.824 bits per heavy atom. The first kappa shape index (κ1) is 21.3. The molecule has 0 atom stereocenters. The summed E-state index contributed by atoms with van der Waals surface area (Å²) in [5.41, 5.74) is 2.99. The Bertz CT molecular complexity index is 1500. The van der Waals surface area contributed by atoms with Crippen molar-refractivity contribution in [3.05, 3.63) is 118 Å². The molecule has 2 aromatic heterocycles. The normalized spacial score (nSPS) is 13.8. The highest BCUT2D eigenvalue weighted by Gasteiger charge is 2.47. The Balaban J connectivity index is 1.70. The number of carbonyl (C=O) groups is 2. The maximum absolute atomic E-state index is 13.7. The van der Waals surface area contributed by atoms with Gasteiger partial charge in [-0.3, -0.25) is 24.4 Å². The van der Waals surface area contributed by atoms with Crippen LogP contribution in [0.25, 0.3) is 17.0 Å². The minimum Gasteiger partial charge on any atom is -0.295 e. The second-order valence-electron chi connectivity index (χ2n) is 8.28. The molecule has 7 heteroatoms. The molecule has 0 fully saturated rings. The number of hydrogen-bond donors (Lipinski definition) is 1. The first-order valence-electron chi connectivity index (χ1n) is 11.0. The third-order valence-corrected chi connectivity index (χ3v) is 5.87. The van der Waals surface area contributed by atoms with Gasteiger partial charge in [0.1, 0.15) is 5.57 Å². The molecule has 5 rings (SSSR count). The lowest BCUT2D eigenvalue weighted by Crippen LogP contribution is -2.39. The van der Waals surface area contributed by atoms with Crippen LogP contribution in [0.5, 0.6) is 0 Å². The highest BCUT2D eigenvalue weighted by atomic mass is 16.2. The van der Waals surface area contributed by atoms with Crippen LogP contribution in [0.4, 0.5) is 0 Å². The molecule has 1 N–H and O–H groups in total. The number of pyridine rings is 1. The van der Waals surface area contributed by atoms with Gasteiger partial charge in [-0.2, -0.15) is 4.57 Å². The topological polar surface area (TPSA) is 79.1 Å². The number of aromatic amines is 1. The third-order valence-electron chi connectivity index (χ3n) is 5.87. The highest BCUT2D eigenvalue weighted by Crippen LogP contribution is 2.31. The van der Waals surface area contributed by atoms with Gasteiger partial charge in [-0.25, -0.2) is 4.68 Å². The fraction of sp³-hybridized carbons (Fsp3) is 0.111. The molecule has 0 saturated carbocycles. The van der Waals surface area contributed by atoms with E-state index in [1.807, 2.05) is 67.6 Å². The maximum atomic E-state index is 13.7. The van der Waals surface area contributed by atoms with Crippen LogP contribution in [0.15, 0.2) is 90.0 Å². The van der Waals surface area contributed by atoms with Crippen molar-refractivity contribution in [2.75, 3.05) is 0 Å². The molecule has 2 amide bonds. The number of aryl methyl sites for hydroxylation is 2. The molecule has 34 heavy (non-hydrogen) atoms. The molecule has 3 heterocycles. The van der Waals surface area contributed by atoms with E-state index in [9.17, 15) is 14.4 Å². The molecule has 0 aliphatic carbocycles. The summed E-state index contributed by atoms with van der Waals surface area (Å²) < 4.78 is 3.03. The SMILES string of the molecule is Cc1ccc[n+](C2=C(c3c(C)[nH]n(-c4ccccc4)c3=O)C(=O)N(Cc3ccccc3)C2=O)c1. The largest absolute Gasteiger partial charge is 0.327 e. The van der Waals surface area contributed by atoms with Crippen molar-refractivity contribution in [2.45, 2.75) is 20.4 Å². The molecule has 0 radical (unpaired) electrons. The number of aromatic nitrogens is 3. The number of rotatable bonds is 5. The first-order chi connectivity index (χ1) is 16.5. The Morgan fingerprint density at radius 2 is 1.50 bits per heavy atom. The summed E-state index contributed by atoms with van der Waals surface area (Å²) in [6.07, 6.45) is 3.50. The Morgan fingerprint density at radius 3 is 2.18 bits per heavy atom. The number of nitrogens with zero attached hydrogens (tertiary/aromatic N) is 3. The van der Waals surface area contributed by atoms with Gasteiger partial charge in [0.05, 0.1) is 17.8 Å². The van der Waals surface area contributed by atoms with Gasteiger partial charge in [0.15, 0.2) is 12.4 Å². The van der Waals surface area contributed by atoms with Crippen molar-refractivity contribution in [1.29, 1.82) is 0 Å². The fourth-order valence-electron chi connectivity index (χ4n) is 4.27. The van der Waals surface area contributed by atoms with Gasteiger partial charge in [0, 0.05) is 17.3 Å². The van der Waals surface area contributed by atoms with Gasteiger partial charge in [-0.05, 0) is 37.6 Å². The number of amides is 2. The number of nitrogens with one attached hydrogen (secondary N) is 1. The number of hydrogen-bond acceptors (Lipinski definition) is 3. The van der Waals surface area contributed by atoms with Crippen molar-refractivity contribution >= 4 is 23.1 Å². The third kappa shape index (κ3) is 3.57. The number of carbonyl (C=O) groups excluding carboxylic acids is 2. The lowest BCUT2D eigenvalue weighted by atomic mass is 10.1. The van der Waals surface area contributed by atoms with Crippen LogP contribution in [-0.4, -0.2) is 26.5 Å². The van der Waals surface area contributed by atoms with Crippen molar-refractivity contribution in [3.8, 4) is 5.69 Å². The van der Waals surface area contributed by atoms with Gasteiger partial charge in [-0.1, -0.05) is 48.5 Å². The van der Waals surface area contributed by atoms with E-state index in [0.29, 0.717) is 11.4 Å². The molecule has 2 aromatic carbocycles. The fourth-order valence-corrected chi connectivity index (χ4v) is 4.27. The summed E-state index contributed by atoms with van der Waals surface area (Å²) in [7, 11) is 0. The summed E-state index contributed by atoms with van der Waals surface area (Å²) >= 11 is 0. The number of imide groups is 1. The van der Waals surface area contributed by atoms with Crippen molar-refractivity contribution < 1.29 is 14.2 Å². The molecular formula is C27H23N4O3+. The van der Waals surface area contributed by atoms with Crippen molar-refractivity contribution in [3.63, 3.8) is 0 Å². The van der Waals surface area contributed by atoms with Crippen LogP contribution in [0.1, 0.15) is 22.4 Å². The van der Waals surface area contributed by atoms with Crippen LogP contribution in [0, 0.1) is 13.8 Å². The van der Waals surface area contributed by atoms with Crippen LogP contribution >= 0.6 is 0 Å². The maximum Gasteiger partial charge on any atom is 0.327 e. The molecule has 168 valence electrons. The van der Waals surface area contributed by atoms with E-state index in [0.717, 1.165) is 11.1 Å². The van der Waals surface area contributed by atoms with Crippen molar-refractivity contribution in [1.82, 2.24) is 14.7 Å². The number of para-hydroxylation sites is 1. The second-order valence-corrected chi connectivity index (χ2v) is 8.28. The zero-order valence-electron chi connectivity index (χ0n) is 18.9. The summed E-state index contributed by atoms with van der Waals surface area (Å²) in [5, 5.41) is 3.07. The molecule has 0 bridgehead atoms. The zero-order chi connectivity index (χ0) is 23.8. The van der Waals surface area contributed by atoms with Gasteiger partial charge >= 0.3 is 5.91 Å². The van der Waals surface area contributed by atoms with Crippen LogP contribution in [0.3, 0.4) is 0 Å². The van der Waals surface area contributed by atoms with E-state index in [4.69, 9.17) is 0 Å². The predicted octanol–water partition coefficient (Wildman–Crippen LogP) is 3.01. The molecule has 4 aromatic rings. The predicted molar refractivity (Wildman–Crippen MR) is 128 cm³/mol. The van der Waals surface area contributed by atoms with E-state index in [1.54, 1.807) is 36.0 Å². The summed E-state index contributed by atoms with van der Waals surface area (Å²) in [4.78, 5) is 42.1. The van der Waals surface area contributed by atoms with E-state index in [-0.39, 0.29) is 28.9 Å². The summed E-state index contributed by atoms with van der Waals surface area (Å²) in [6.45, 7) is 3.76. The molecular weight excluding hydrogens is 428 g/mol. The Hall–Kier alpha value is -4.52. The Labute approximate surface area is 196 Å². The molecule has 1 aliphatic rings. The monoisotopic (exact) mass is 451 g/mol. The van der Waals surface area contributed by atoms with Crippen LogP contribution < -0.4 is 10.1 Å². The lowest BCUT2D eigenvalue weighted by Gasteiger charge is -2.13. The van der Waals surface area contributed by atoms with Crippen LogP contribution in [0.2, 0.25) is 0 Å². The van der Waals surface area contributed by atoms with Crippen LogP contribution in [-0.2, 0) is 16.1 Å². The lowest BCUT2D eigenvalue weighted by molar-refractivity contribution is -0.577. The minimum absolute atomic E-state index is 0.102. The van der Waals surface area contributed by atoms with E-state index in [2.05, 4.69) is 5.10 Å². The van der Waals surface area contributed by atoms with Gasteiger partial charge in [0.25, 0.3) is 17.2 Å². The van der Waals surface area contributed by atoms with E-state index < -0.39 is 11.8 Å². The van der Waals surface area contributed by atoms with Crippen molar-refractivity contribution in [2.24, 2.45) is 0 Å². The summed E-state index contributed by atoms with van der Waals surface area (Å²) in [5.74, 6) is -0.928. The molecule has 7 nitrogen and oxygen atoms in total. The molecule has 0 saturated heterocycles. The van der Waals surface area contributed by atoms with Gasteiger partial charge in [0.2, 0.25) is 0 Å².